The molecule has 0 aromatic heterocycles. The predicted molar refractivity (Wildman–Crippen MR) is 75.8 cm³/mol. The Hall–Kier alpha value is -1.14. The van der Waals surface area contributed by atoms with Crippen molar-refractivity contribution in [3.05, 3.63) is 28.8 Å². The highest BCUT2D eigenvalue weighted by Crippen LogP contribution is 2.21. The van der Waals surface area contributed by atoms with Crippen molar-refractivity contribution in [1.29, 1.82) is 0 Å². The van der Waals surface area contributed by atoms with Crippen molar-refractivity contribution < 1.29 is 23.7 Å². The van der Waals surface area contributed by atoms with Gasteiger partial charge in [-0.1, -0.05) is 11.6 Å². The normalized spacial score (nSPS) is 10.5. The highest BCUT2D eigenvalue weighted by Gasteiger charge is 2.03. The van der Waals surface area contributed by atoms with Gasteiger partial charge in [0.05, 0.1) is 38.6 Å². The molecule has 0 saturated heterocycles. The van der Waals surface area contributed by atoms with Gasteiger partial charge in [-0.2, -0.15) is 0 Å². The van der Waals surface area contributed by atoms with Gasteiger partial charge in [0.25, 0.3) is 0 Å². The van der Waals surface area contributed by atoms with Gasteiger partial charge < -0.3 is 18.9 Å². The van der Waals surface area contributed by atoms with Crippen LogP contribution in [0.4, 0.5) is 0 Å². The van der Waals surface area contributed by atoms with E-state index in [0.29, 0.717) is 62.3 Å². The quantitative estimate of drug-likeness (QED) is 0.463. The van der Waals surface area contributed by atoms with E-state index >= 15 is 0 Å². The molecule has 0 atom stereocenters. The fourth-order valence-electron chi connectivity index (χ4n) is 1.42. The Morgan fingerprint density at radius 3 is 2.35 bits per heavy atom. The molecule has 0 aliphatic rings. The SMILES string of the molecule is COCCOCCOCCOc1ccc(Cl)cc1C=O. The number of benzene rings is 1. The Morgan fingerprint density at radius 2 is 1.70 bits per heavy atom. The van der Waals surface area contributed by atoms with Gasteiger partial charge in [-0.05, 0) is 18.2 Å². The number of carbonyl (C=O) groups excluding carboxylic acids is 1. The van der Waals surface area contributed by atoms with Crippen molar-refractivity contribution in [2.45, 2.75) is 0 Å². The van der Waals surface area contributed by atoms with Crippen LogP contribution in [-0.2, 0) is 14.2 Å². The number of carbonyl (C=O) groups is 1. The summed E-state index contributed by atoms with van der Waals surface area (Å²) < 4.78 is 20.9. The van der Waals surface area contributed by atoms with Crippen LogP contribution in [0, 0.1) is 0 Å². The number of aldehydes is 1. The molecule has 0 unspecified atom stereocenters. The van der Waals surface area contributed by atoms with E-state index in [9.17, 15) is 4.79 Å². The van der Waals surface area contributed by atoms with Crippen molar-refractivity contribution in [2.75, 3.05) is 46.8 Å². The molecule has 20 heavy (non-hydrogen) atoms. The summed E-state index contributed by atoms with van der Waals surface area (Å²) in [6.07, 6.45) is 0.714. The van der Waals surface area contributed by atoms with E-state index in [4.69, 9.17) is 30.5 Å². The first-order chi connectivity index (χ1) is 9.77. The second-order valence-corrected chi connectivity index (χ2v) is 4.30. The molecule has 1 aromatic carbocycles. The van der Waals surface area contributed by atoms with Crippen LogP contribution in [0.5, 0.6) is 5.75 Å². The number of hydrogen-bond donors (Lipinski definition) is 0. The van der Waals surface area contributed by atoms with Crippen molar-refractivity contribution >= 4 is 17.9 Å². The summed E-state index contributed by atoms with van der Waals surface area (Å²) in [5.41, 5.74) is 0.431. The lowest BCUT2D eigenvalue weighted by Gasteiger charge is -2.09. The average molecular weight is 303 g/mol. The summed E-state index contributed by atoms with van der Waals surface area (Å²) in [5, 5.41) is 0.504. The second-order valence-electron chi connectivity index (χ2n) is 3.87. The van der Waals surface area contributed by atoms with Gasteiger partial charge in [-0.15, -0.1) is 0 Å². The van der Waals surface area contributed by atoms with Gasteiger partial charge in [0.1, 0.15) is 12.4 Å². The Bertz CT molecular complexity index is 397. The third kappa shape index (κ3) is 6.86. The van der Waals surface area contributed by atoms with E-state index in [1.165, 1.54) is 0 Å². The third-order valence-electron chi connectivity index (χ3n) is 2.39. The van der Waals surface area contributed by atoms with Gasteiger partial charge in [0.15, 0.2) is 6.29 Å². The first-order valence-electron chi connectivity index (χ1n) is 6.30. The first-order valence-corrected chi connectivity index (χ1v) is 6.67. The zero-order chi connectivity index (χ0) is 14.6. The minimum absolute atomic E-state index is 0.362. The van der Waals surface area contributed by atoms with Crippen LogP contribution < -0.4 is 4.74 Å². The van der Waals surface area contributed by atoms with Gasteiger partial charge in [-0.3, -0.25) is 4.79 Å². The van der Waals surface area contributed by atoms with E-state index in [1.807, 2.05) is 0 Å². The molecule has 0 saturated carbocycles. The molecule has 1 aromatic rings. The maximum atomic E-state index is 10.8. The Morgan fingerprint density at radius 1 is 1.05 bits per heavy atom. The molecule has 1 rings (SSSR count). The first kappa shape index (κ1) is 16.9. The van der Waals surface area contributed by atoms with E-state index in [-0.39, 0.29) is 0 Å². The second kappa shape index (κ2) is 10.6. The lowest BCUT2D eigenvalue weighted by atomic mass is 10.2. The molecular formula is C14H19ClO5. The van der Waals surface area contributed by atoms with Crippen molar-refractivity contribution in [2.24, 2.45) is 0 Å². The highest BCUT2D eigenvalue weighted by molar-refractivity contribution is 6.30. The minimum Gasteiger partial charge on any atom is -0.490 e. The van der Waals surface area contributed by atoms with E-state index in [0.717, 1.165) is 0 Å². The third-order valence-corrected chi connectivity index (χ3v) is 2.62. The van der Waals surface area contributed by atoms with Gasteiger partial charge >= 0.3 is 0 Å². The van der Waals surface area contributed by atoms with Crippen LogP contribution in [0.2, 0.25) is 5.02 Å². The largest absolute Gasteiger partial charge is 0.490 e. The van der Waals surface area contributed by atoms with Crippen molar-refractivity contribution in [1.82, 2.24) is 0 Å². The molecule has 0 N–H and O–H groups in total. The fraction of sp³-hybridized carbons (Fsp3) is 0.500. The van der Waals surface area contributed by atoms with Crippen molar-refractivity contribution in [3.8, 4) is 5.75 Å². The molecular weight excluding hydrogens is 284 g/mol. The van der Waals surface area contributed by atoms with Crippen LogP contribution >= 0.6 is 11.6 Å². The lowest BCUT2D eigenvalue weighted by Crippen LogP contribution is -2.12. The maximum Gasteiger partial charge on any atom is 0.153 e. The minimum atomic E-state index is 0.362. The van der Waals surface area contributed by atoms with Gasteiger partial charge in [-0.25, -0.2) is 0 Å². The zero-order valence-electron chi connectivity index (χ0n) is 11.5. The van der Waals surface area contributed by atoms with Gasteiger partial charge in [0, 0.05) is 12.1 Å². The number of hydrogen-bond acceptors (Lipinski definition) is 5. The molecule has 5 nitrogen and oxygen atoms in total. The number of halogens is 1. The molecule has 0 fully saturated rings. The smallest absolute Gasteiger partial charge is 0.153 e. The van der Waals surface area contributed by atoms with Crippen LogP contribution in [0.3, 0.4) is 0 Å². The van der Waals surface area contributed by atoms with E-state index < -0.39 is 0 Å². The molecule has 112 valence electrons. The maximum absolute atomic E-state index is 10.8. The topological polar surface area (TPSA) is 54.0 Å². The monoisotopic (exact) mass is 302 g/mol. The van der Waals surface area contributed by atoms with Crippen molar-refractivity contribution in [3.63, 3.8) is 0 Å². The van der Waals surface area contributed by atoms with Crippen LogP contribution in [0.25, 0.3) is 0 Å². The van der Waals surface area contributed by atoms with Crippen LogP contribution in [0.15, 0.2) is 18.2 Å². The van der Waals surface area contributed by atoms with E-state index in [1.54, 1.807) is 25.3 Å². The summed E-state index contributed by atoms with van der Waals surface area (Å²) >= 11 is 5.79. The predicted octanol–water partition coefficient (Wildman–Crippen LogP) is 2.21. The average Bonchev–Trinajstić information content (AvgIpc) is 2.46. The Labute approximate surface area is 123 Å². The molecule has 6 heteroatoms. The molecule has 0 aliphatic carbocycles. The Balaban J connectivity index is 2.11. The standard InChI is InChI=1S/C14H19ClO5/c1-17-4-5-18-6-7-19-8-9-20-14-3-2-13(15)10-12(14)11-16/h2-3,10-11H,4-9H2,1H3. The van der Waals surface area contributed by atoms with E-state index in [2.05, 4.69) is 0 Å². The zero-order valence-corrected chi connectivity index (χ0v) is 12.2. The molecule has 0 aliphatic heterocycles. The molecule has 0 bridgehead atoms. The van der Waals surface area contributed by atoms with Crippen LogP contribution in [-0.4, -0.2) is 53.0 Å². The highest BCUT2D eigenvalue weighted by atomic mass is 35.5. The van der Waals surface area contributed by atoms with Crippen LogP contribution in [0.1, 0.15) is 10.4 Å². The number of rotatable bonds is 11. The summed E-state index contributed by atoms with van der Waals surface area (Å²) in [5.74, 6) is 0.504. The lowest BCUT2D eigenvalue weighted by molar-refractivity contribution is 0.0179. The molecule has 0 radical (unpaired) electrons. The summed E-state index contributed by atoms with van der Waals surface area (Å²) in [6, 6.07) is 4.91. The Kier molecular flexibility index (Phi) is 8.98. The molecule has 0 spiro atoms. The molecule has 0 amide bonds. The van der Waals surface area contributed by atoms with Gasteiger partial charge in [0.2, 0.25) is 0 Å². The summed E-state index contributed by atoms with van der Waals surface area (Å²) in [6.45, 7) is 2.94. The number of methoxy groups -OCH3 is 1. The number of ether oxygens (including phenoxy) is 4. The summed E-state index contributed by atoms with van der Waals surface area (Å²) in [7, 11) is 1.63. The fourth-order valence-corrected chi connectivity index (χ4v) is 1.60. The molecule has 0 heterocycles. The summed E-state index contributed by atoms with van der Waals surface area (Å²) in [4.78, 5) is 10.8.